The van der Waals surface area contributed by atoms with Gasteiger partial charge in [-0.2, -0.15) is 0 Å². The Labute approximate surface area is 106 Å². The first-order valence-corrected chi connectivity index (χ1v) is 5.95. The summed E-state index contributed by atoms with van der Waals surface area (Å²) >= 11 is 0. The van der Waals surface area contributed by atoms with Crippen molar-refractivity contribution < 1.29 is 14.3 Å². The van der Waals surface area contributed by atoms with Gasteiger partial charge in [-0.25, -0.2) is 0 Å². The quantitative estimate of drug-likeness (QED) is 0.700. The zero-order valence-electron chi connectivity index (χ0n) is 10.9. The summed E-state index contributed by atoms with van der Waals surface area (Å²) in [7, 11) is 1.37. The molecule has 96 valence electrons. The predicted molar refractivity (Wildman–Crippen MR) is 68.5 cm³/mol. The highest BCUT2D eigenvalue weighted by Gasteiger charge is 2.44. The first-order chi connectivity index (χ1) is 8.37. The van der Waals surface area contributed by atoms with Crippen LogP contribution in [0.4, 0.5) is 0 Å². The van der Waals surface area contributed by atoms with Crippen LogP contribution in [0.2, 0.25) is 0 Å². The van der Waals surface area contributed by atoms with Crippen LogP contribution in [0.25, 0.3) is 0 Å². The summed E-state index contributed by atoms with van der Waals surface area (Å²) in [6.07, 6.45) is 7.75. The smallest absolute Gasteiger partial charge is 0.311 e. The summed E-state index contributed by atoms with van der Waals surface area (Å²) in [4.78, 5) is 27.3. The van der Waals surface area contributed by atoms with Gasteiger partial charge in [-0.1, -0.05) is 12.2 Å². The molecule has 0 saturated heterocycles. The largest absolute Gasteiger partial charge is 0.469 e. The molecular formula is C14H17NO3. The predicted octanol–water partition coefficient (Wildman–Crippen LogP) is 1.85. The zero-order valence-corrected chi connectivity index (χ0v) is 10.9. The summed E-state index contributed by atoms with van der Waals surface area (Å²) < 4.78 is 4.70. The number of methoxy groups -OCH3 is 1. The lowest BCUT2D eigenvalue weighted by atomic mass is 9.74. The van der Waals surface area contributed by atoms with Crippen molar-refractivity contribution in [1.82, 2.24) is 0 Å². The second-order valence-corrected chi connectivity index (χ2v) is 5.41. The molecule has 2 aliphatic rings. The number of ether oxygens (including phenoxy) is 1. The van der Waals surface area contributed by atoms with Gasteiger partial charge in [0.1, 0.15) is 0 Å². The van der Waals surface area contributed by atoms with E-state index in [4.69, 9.17) is 4.74 Å². The summed E-state index contributed by atoms with van der Waals surface area (Å²) in [6.45, 7) is 4.05. The summed E-state index contributed by atoms with van der Waals surface area (Å²) in [5, 5.41) is 0. The minimum Gasteiger partial charge on any atom is -0.469 e. The van der Waals surface area contributed by atoms with Crippen LogP contribution in [-0.4, -0.2) is 30.1 Å². The Morgan fingerprint density at radius 2 is 2.00 bits per heavy atom. The number of allylic oxidation sites excluding steroid dienone is 4. The molecule has 0 radical (unpaired) electrons. The fourth-order valence-electron chi connectivity index (χ4n) is 2.62. The standard InChI is InChI=1S/C14H17NO3/c1-13(2)9-14(6-4-10(16)5-7-14)11(15-13)8-12(17)18-3/h4-7H,8-9H2,1-3H3. The van der Waals surface area contributed by atoms with E-state index in [1.54, 1.807) is 12.2 Å². The number of ketones is 1. The molecule has 0 fully saturated rings. The van der Waals surface area contributed by atoms with E-state index in [-0.39, 0.29) is 23.7 Å². The highest BCUT2D eigenvalue weighted by atomic mass is 16.5. The van der Waals surface area contributed by atoms with Crippen LogP contribution in [0.15, 0.2) is 29.3 Å². The summed E-state index contributed by atoms with van der Waals surface area (Å²) in [5.41, 5.74) is 0.156. The van der Waals surface area contributed by atoms with Crippen LogP contribution in [0.1, 0.15) is 26.7 Å². The molecule has 2 rings (SSSR count). The fraction of sp³-hybridized carbons (Fsp3) is 0.500. The van der Waals surface area contributed by atoms with Gasteiger partial charge in [0.2, 0.25) is 0 Å². The lowest BCUT2D eigenvalue weighted by molar-refractivity contribution is -0.139. The van der Waals surface area contributed by atoms with Crippen LogP contribution >= 0.6 is 0 Å². The van der Waals surface area contributed by atoms with Crippen LogP contribution in [0, 0.1) is 5.41 Å². The number of aliphatic imine (C=N–C) groups is 1. The Bertz CT molecular complexity index is 467. The van der Waals surface area contributed by atoms with Crippen molar-refractivity contribution in [3.63, 3.8) is 0 Å². The SMILES string of the molecule is COC(=O)CC1=NC(C)(C)CC12C=CC(=O)C=C2. The first kappa shape index (κ1) is 12.7. The minimum absolute atomic E-state index is 0.0252. The average molecular weight is 247 g/mol. The van der Waals surface area contributed by atoms with Gasteiger partial charge >= 0.3 is 5.97 Å². The molecule has 1 aliphatic carbocycles. The molecule has 0 aromatic carbocycles. The number of carbonyl (C=O) groups excluding carboxylic acids is 2. The van der Waals surface area contributed by atoms with Gasteiger partial charge < -0.3 is 4.74 Å². The number of hydrogen-bond donors (Lipinski definition) is 0. The van der Waals surface area contributed by atoms with Gasteiger partial charge in [0.15, 0.2) is 5.78 Å². The molecule has 0 saturated carbocycles. The minimum atomic E-state index is -0.397. The molecule has 0 aromatic heterocycles. The van der Waals surface area contributed by atoms with E-state index < -0.39 is 5.41 Å². The summed E-state index contributed by atoms with van der Waals surface area (Å²) in [5.74, 6) is -0.327. The lowest BCUT2D eigenvalue weighted by Gasteiger charge is -2.27. The Hall–Kier alpha value is -1.71. The van der Waals surface area contributed by atoms with Gasteiger partial charge in [0, 0.05) is 11.1 Å². The second-order valence-electron chi connectivity index (χ2n) is 5.41. The van der Waals surface area contributed by atoms with Crippen molar-refractivity contribution >= 4 is 17.5 Å². The van der Waals surface area contributed by atoms with Gasteiger partial charge in [0.25, 0.3) is 0 Å². The molecule has 0 unspecified atom stereocenters. The number of esters is 1. The molecule has 1 aliphatic heterocycles. The molecule has 0 amide bonds. The Kier molecular flexibility index (Phi) is 2.97. The molecular weight excluding hydrogens is 230 g/mol. The van der Waals surface area contributed by atoms with Crippen molar-refractivity contribution in [3.8, 4) is 0 Å². The topological polar surface area (TPSA) is 55.7 Å². The van der Waals surface area contributed by atoms with Crippen molar-refractivity contribution in [2.75, 3.05) is 7.11 Å². The molecule has 4 heteroatoms. The highest BCUT2D eigenvalue weighted by Crippen LogP contribution is 2.44. The third-order valence-electron chi connectivity index (χ3n) is 3.33. The van der Waals surface area contributed by atoms with Gasteiger partial charge in [-0.3, -0.25) is 14.6 Å². The highest BCUT2D eigenvalue weighted by molar-refractivity contribution is 6.09. The van der Waals surface area contributed by atoms with E-state index in [1.165, 1.54) is 7.11 Å². The van der Waals surface area contributed by atoms with Gasteiger partial charge in [0.05, 0.1) is 19.1 Å². The van der Waals surface area contributed by atoms with Crippen LogP contribution in [0.5, 0.6) is 0 Å². The van der Waals surface area contributed by atoms with E-state index in [2.05, 4.69) is 4.99 Å². The monoisotopic (exact) mass is 247 g/mol. The van der Waals surface area contributed by atoms with Crippen molar-refractivity contribution in [2.24, 2.45) is 10.4 Å². The van der Waals surface area contributed by atoms with E-state index >= 15 is 0 Å². The van der Waals surface area contributed by atoms with E-state index in [0.29, 0.717) is 0 Å². The van der Waals surface area contributed by atoms with Crippen molar-refractivity contribution in [2.45, 2.75) is 32.2 Å². The van der Waals surface area contributed by atoms with Crippen LogP contribution < -0.4 is 0 Å². The molecule has 1 spiro atoms. The second kappa shape index (κ2) is 4.19. The van der Waals surface area contributed by atoms with Crippen LogP contribution in [-0.2, 0) is 14.3 Å². The number of hydrogen-bond acceptors (Lipinski definition) is 4. The Balaban J connectivity index is 2.33. The maximum atomic E-state index is 11.5. The summed E-state index contributed by atoms with van der Waals surface area (Å²) in [6, 6.07) is 0. The molecule has 0 atom stereocenters. The molecule has 0 bridgehead atoms. The van der Waals surface area contributed by atoms with Crippen LogP contribution in [0.3, 0.4) is 0 Å². The Morgan fingerprint density at radius 1 is 1.39 bits per heavy atom. The third-order valence-corrected chi connectivity index (χ3v) is 3.33. The molecule has 18 heavy (non-hydrogen) atoms. The van der Waals surface area contributed by atoms with Crippen molar-refractivity contribution in [3.05, 3.63) is 24.3 Å². The zero-order chi connectivity index (χ0) is 13.4. The van der Waals surface area contributed by atoms with Crippen molar-refractivity contribution in [1.29, 1.82) is 0 Å². The third kappa shape index (κ3) is 2.28. The molecule has 0 aromatic rings. The van der Waals surface area contributed by atoms with Gasteiger partial charge in [-0.05, 0) is 32.4 Å². The van der Waals surface area contributed by atoms with E-state index in [9.17, 15) is 9.59 Å². The van der Waals surface area contributed by atoms with Gasteiger partial charge in [-0.15, -0.1) is 0 Å². The number of nitrogens with zero attached hydrogens (tertiary/aromatic N) is 1. The number of carbonyl (C=O) groups is 2. The molecule has 0 N–H and O–H groups in total. The lowest BCUT2D eigenvalue weighted by Crippen LogP contribution is -2.29. The molecule has 4 nitrogen and oxygen atoms in total. The molecule has 1 heterocycles. The Morgan fingerprint density at radius 3 is 2.56 bits per heavy atom. The van der Waals surface area contributed by atoms with E-state index in [0.717, 1.165) is 12.1 Å². The normalized spacial score (nSPS) is 23.3. The van der Waals surface area contributed by atoms with E-state index in [1.807, 2.05) is 26.0 Å². The average Bonchev–Trinajstić information content (AvgIpc) is 2.54. The fourth-order valence-corrected chi connectivity index (χ4v) is 2.62. The first-order valence-electron chi connectivity index (χ1n) is 5.95. The maximum absolute atomic E-state index is 11.5. The number of rotatable bonds is 2. The maximum Gasteiger partial charge on any atom is 0.311 e.